The Morgan fingerprint density at radius 2 is 1.38 bits per heavy atom. The van der Waals surface area contributed by atoms with Crippen LogP contribution in [0.25, 0.3) is 0 Å². The molecule has 0 aliphatic carbocycles. The summed E-state index contributed by atoms with van der Waals surface area (Å²) in [7, 11) is -2.12. The zero-order chi connectivity index (χ0) is 18.4. The fraction of sp³-hybridized carbons (Fsp3) is 1.00. The molecule has 24 heavy (non-hydrogen) atoms. The van der Waals surface area contributed by atoms with Gasteiger partial charge in [0.2, 0.25) is 8.32 Å². The summed E-state index contributed by atoms with van der Waals surface area (Å²) in [4.78, 5) is 0. The lowest BCUT2D eigenvalue weighted by molar-refractivity contribution is -0.246. The molecular weight excluding hydrogens is 324 g/mol. The van der Waals surface area contributed by atoms with Crippen molar-refractivity contribution >= 4 is 8.32 Å². The van der Waals surface area contributed by atoms with E-state index in [1.165, 1.54) is 0 Å². The van der Waals surface area contributed by atoms with Gasteiger partial charge in [-0.05, 0) is 37.4 Å². The number of aliphatic hydroxyl groups excluding tert-OH is 1. The molecule has 2 rings (SSSR count). The van der Waals surface area contributed by atoms with E-state index < -0.39 is 38.7 Å². The van der Waals surface area contributed by atoms with Crippen molar-refractivity contribution in [1.29, 1.82) is 0 Å². The third-order valence-electron chi connectivity index (χ3n) is 5.63. The van der Waals surface area contributed by atoms with E-state index >= 15 is 0 Å². The highest BCUT2D eigenvalue weighted by atomic mass is 28.4. The van der Waals surface area contributed by atoms with Crippen LogP contribution in [-0.4, -0.2) is 49.9 Å². The van der Waals surface area contributed by atoms with Gasteiger partial charge in [-0.3, -0.25) is 0 Å². The molecule has 0 radical (unpaired) electrons. The van der Waals surface area contributed by atoms with Crippen molar-refractivity contribution in [2.75, 3.05) is 0 Å². The molecule has 1 N–H and O–H groups in total. The minimum Gasteiger partial charge on any atom is -0.389 e. The molecule has 0 amide bonds. The van der Waals surface area contributed by atoms with Crippen molar-refractivity contribution in [3.8, 4) is 0 Å². The van der Waals surface area contributed by atoms with Crippen LogP contribution in [0, 0.1) is 0 Å². The number of aliphatic hydroxyl groups is 1. The fourth-order valence-electron chi connectivity index (χ4n) is 4.63. The predicted octanol–water partition coefficient (Wildman–Crippen LogP) is 3.80. The van der Waals surface area contributed by atoms with Crippen LogP contribution >= 0.6 is 0 Å². The van der Waals surface area contributed by atoms with Crippen LogP contribution in [0.2, 0.25) is 16.6 Å². The van der Waals surface area contributed by atoms with Crippen LogP contribution in [0.5, 0.6) is 0 Å². The molecule has 0 aromatic heterocycles. The summed E-state index contributed by atoms with van der Waals surface area (Å²) >= 11 is 0. The Morgan fingerprint density at radius 1 is 0.917 bits per heavy atom. The minimum absolute atomic E-state index is 0.341. The van der Waals surface area contributed by atoms with Gasteiger partial charge in [0, 0.05) is 0 Å². The van der Waals surface area contributed by atoms with Crippen molar-refractivity contribution in [3.05, 3.63) is 0 Å². The van der Waals surface area contributed by atoms with Crippen LogP contribution in [0.15, 0.2) is 0 Å². The molecule has 0 aromatic carbocycles. The molecule has 5 atom stereocenters. The molecule has 0 unspecified atom stereocenters. The summed E-state index contributed by atoms with van der Waals surface area (Å²) in [6.45, 7) is 19.1. The maximum absolute atomic E-state index is 10.4. The van der Waals surface area contributed by atoms with E-state index in [1.54, 1.807) is 0 Å². The molecule has 2 fully saturated rings. The van der Waals surface area contributed by atoms with Crippen molar-refractivity contribution in [2.45, 2.75) is 115 Å². The first kappa shape index (κ1) is 20.3. The number of hydrogen-bond acceptors (Lipinski definition) is 5. The number of hydrogen-bond donors (Lipinski definition) is 1. The predicted molar refractivity (Wildman–Crippen MR) is 96.3 cm³/mol. The summed E-state index contributed by atoms with van der Waals surface area (Å²) in [5.41, 5.74) is 1.37. The Bertz CT molecular complexity index is 415. The van der Waals surface area contributed by atoms with Gasteiger partial charge < -0.3 is 23.7 Å². The molecule has 2 heterocycles. The number of ether oxygens (including phenoxy) is 3. The highest BCUT2D eigenvalue weighted by Gasteiger charge is 2.57. The minimum atomic E-state index is -2.12. The first-order valence-electron chi connectivity index (χ1n) is 9.29. The van der Waals surface area contributed by atoms with Crippen LogP contribution in [0.1, 0.15) is 62.3 Å². The smallest absolute Gasteiger partial charge is 0.203 e. The van der Waals surface area contributed by atoms with Crippen molar-refractivity contribution in [1.82, 2.24) is 0 Å². The summed E-state index contributed by atoms with van der Waals surface area (Å²) in [5, 5.41) is 10.4. The molecule has 0 aromatic rings. The van der Waals surface area contributed by atoms with E-state index in [2.05, 4.69) is 41.5 Å². The van der Waals surface area contributed by atoms with Crippen LogP contribution in [-0.2, 0) is 18.6 Å². The second-order valence-corrected chi connectivity index (χ2v) is 14.1. The van der Waals surface area contributed by atoms with E-state index in [0.29, 0.717) is 16.6 Å². The molecule has 2 aliphatic rings. The van der Waals surface area contributed by atoms with Gasteiger partial charge in [0.15, 0.2) is 12.1 Å². The van der Waals surface area contributed by atoms with Crippen LogP contribution < -0.4 is 0 Å². The summed E-state index contributed by atoms with van der Waals surface area (Å²) in [6.07, 6.45) is -2.34. The molecule has 5 nitrogen and oxygen atoms in total. The molecule has 142 valence electrons. The third kappa shape index (κ3) is 3.46. The van der Waals surface area contributed by atoms with E-state index in [9.17, 15) is 5.11 Å². The Labute approximate surface area is 148 Å². The van der Waals surface area contributed by atoms with Crippen LogP contribution in [0.4, 0.5) is 0 Å². The Morgan fingerprint density at radius 3 is 1.83 bits per heavy atom. The Hall–Kier alpha value is 0.0169. The Kier molecular flexibility index (Phi) is 5.90. The lowest BCUT2D eigenvalue weighted by atomic mass is 10.0. The van der Waals surface area contributed by atoms with E-state index in [1.807, 2.05) is 20.8 Å². The Balaban J connectivity index is 2.32. The molecular formula is C18H36O5Si. The molecule has 0 saturated carbocycles. The largest absolute Gasteiger partial charge is 0.389 e. The first-order valence-corrected chi connectivity index (χ1v) is 11.4. The van der Waals surface area contributed by atoms with Gasteiger partial charge in [0.05, 0.1) is 6.10 Å². The lowest BCUT2D eigenvalue weighted by Crippen LogP contribution is -2.60. The fourth-order valence-corrected chi connectivity index (χ4v) is 10.0. The molecule has 0 bridgehead atoms. The van der Waals surface area contributed by atoms with Gasteiger partial charge in [-0.2, -0.15) is 0 Å². The zero-order valence-corrected chi connectivity index (χ0v) is 17.7. The number of rotatable bonds is 5. The molecule has 2 aliphatic heterocycles. The number of fused-ring (bicyclic) bond motifs is 1. The highest BCUT2D eigenvalue weighted by Crippen LogP contribution is 2.46. The van der Waals surface area contributed by atoms with E-state index in [-0.39, 0.29) is 6.10 Å². The quantitative estimate of drug-likeness (QED) is 0.756. The monoisotopic (exact) mass is 360 g/mol. The van der Waals surface area contributed by atoms with Gasteiger partial charge in [0.25, 0.3) is 0 Å². The highest BCUT2D eigenvalue weighted by molar-refractivity contribution is 6.77. The molecule has 0 spiro atoms. The average molecular weight is 361 g/mol. The zero-order valence-electron chi connectivity index (χ0n) is 16.7. The first-order chi connectivity index (χ1) is 10.9. The van der Waals surface area contributed by atoms with Gasteiger partial charge in [0.1, 0.15) is 18.3 Å². The normalized spacial score (nSPS) is 36.6. The lowest BCUT2D eigenvalue weighted by Gasteiger charge is -2.48. The SMILES string of the molecule is CC(C)[Si](O[C@@H]1O[C@@H](C)[C@H](O)[C@H]2OC(C)(C)O[C@@H]12)(C(C)C)C(C)C. The molecule has 6 heteroatoms. The maximum atomic E-state index is 10.4. The topological polar surface area (TPSA) is 57.2 Å². The summed E-state index contributed by atoms with van der Waals surface area (Å²) in [5.74, 6) is -0.733. The van der Waals surface area contributed by atoms with Gasteiger partial charge in [-0.15, -0.1) is 0 Å². The molecule has 2 saturated heterocycles. The average Bonchev–Trinajstić information content (AvgIpc) is 2.76. The second-order valence-electron chi connectivity index (χ2n) is 8.70. The van der Waals surface area contributed by atoms with Crippen molar-refractivity contribution < 1.29 is 23.7 Å². The van der Waals surface area contributed by atoms with Gasteiger partial charge in [-0.25, -0.2) is 0 Å². The van der Waals surface area contributed by atoms with Gasteiger partial charge in [-0.1, -0.05) is 41.5 Å². The maximum Gasteiger partial charge on any atom is 0.203 e. The van der Waals surface area contributed by atoms with E-state index in [0.717, 1.165) is 0 Å². The summed E-state index contributed by atoms with van der Waals surface area (Å²) < 4.78 is 24.9. The van der Waals surface area contributed by atoms with Crippen molar-refractivity contribution in [3.63, 3.8) is 0 Å². The van der Waals surface area contributed by atoms with Crippen molar-refractivity contribution in [2.24, 2.45) is 0 Å². The standard InChI is InChI=1S/C18H36O5Si/c1-10(2)24(11(3)4,12(5)6)23-17-16-15(14(19)13(7)20-17)21-18(8,9)22-16/h10-17,19H,1-9H3/t13-,14-,15+,16+,17-/m0/s1. The van der Waals surface area contributed by atoms with Crippen LogP contribution in [0.3, 0.4) is 0 Å². The third-order valence-corrected chi connectivity index (χ3v) is 11.7. The summed E-state index contributed by atoms with van der Waals surface area (Å²) in [6, 6.07) is 0. The van der Waals surface area contributed by atoms with Gasteiger partial charge >= 0.3 is 0 Å². The van der Waals surface area contributed by atoms with E-state index in [4.69, 9.17) is 18.6 Å². The second kappa shape index (κ2) is 6.97.